The number of rotatable bonds is 6. The Morgan fingerprint density at radius 2 is 1.79 bits per heavy atom. The second-order valence-corrected chi connectivity index (χ2v) is 6.73. The minimum absolute atomic E-state index is 0.431. The number of halogens is 2. The third-order valence-corrected chi connectivity index (χ3v) is 4.47. The van der Waals surface area contributed by atoms with Crippen molar-refractivity contribution in [1.29, 1.82) is 0 Å². The lowest BCUT2D eigenvalue weighted by molar-refractivity contribution is 0.524. The monoisotopic (exact) mass is 313 g/mol. The summed E-state index contributed by atoms with van der Waals surface area (Å²) in [6.07, 6.45) is 2.01. The lowest BCUT2D eigenvalue weighted by Crippen LogP contribution is -2.32. The quantitative estimate of drug-likeness (QED) is 0.806. The molecule has 0 saturated heterocycles. The van der Waals surface area contributed by atoms with Gasteiger partial charge in [-0.15, -0.1) is 11.3 Å². The molecule has 2 aromatic rings. The molecule has 4 heteroatoms. The number of hydrogen-bond donors (Lipinski definition) is 1. The molecule has 1 aromatic carbocycles. The lowest BCUT2D eigenvalue weighted by Gasteiger charge is -2.17. The highest BCUT2D eigenvalue weighted by atomic mass is 35.5. The van der Waals surface area contributed by atoms with E-state index in [-0.39, 0.29) is 0 Å². The van der Waals surface area contributed by atoms with Gasteiger partial charge in [-0.05, 0) is 49.2 Å². The third-order valence-electron chi connectivity index (χ3n) is 2.96. The van der Waals surface area contributed by atoms with Crippen molar-refractivity contribution in [2.24, 2.45) is 0 Å². The first-order valence-electron chi connectivity index (χ1n) is 6.39. The van der Waals surface area contributed by atoms with E-state index in [1.165, 1.54) is 10.4 Å². The van der Waals surface area contributed by atoms with Crippen LogP contribution < -0.4 is 5.32 Å². The average Bonchev–Trinajstić information content (AvgIpc) is 2.78. The van der Waals surface area contributed by atoms with Gasteiger partial charge in [-0.3, -0.25) is 0 Å². The molecule has 1 unspecified atom stereocenters. The molecule has 2 rings (SSSR count). The van der Waals surface area contributed by atoms with Gasteiger partial charge in [0.05, 0.1) is 4.34 Å². The van der Waals surface area contributed by atoms with E-state index < -0.39 is 0 Å². The number of thiophene rings is 1. The molecule has 102 valence electrons. The zero-order chi connectivity index (χ0) is 13.7. The number of benzene rings is 1. The minimum Gasteiger partial charge on any atom is -0.314 e. The van der Waals surface area contributed by atoms with Gasteiger partial charge in [-0.2, -0.15) is 0 Å². The first-order chi connectivity index (χ1) is 9.17. The van der Waals surface area contributed by atoms with Crippen molar-refractivity contribution in [2.75, 3.05) is 6.54 Å². The molecule has 1 nitrogen and oxygen atoms in total. The summed E-state index contributed by atoms with van der Waals surface area (Å²) < 4.78 is 0.858. The average molecular weight is 314 g/mol. The van der Waals surface area contributed by atoms with Gasteiger partial charge in [0.1, 0.15) is 0 Å². The SMILES string of the molecule is CCNC(Cc1ccc(Cl)cc1)Cc1ccc(Cl)s1. The number of nitrogens with one attached hydrogen (secondary N) is 1. The normalized spacial score (nSPS) is 12.6. The van der Waals surface area contributed by atoms with E-state index in [1.807, 2.05) is 18.2 Å². The van der Waals surface area contributed by atoms with Gasteiger partial charge in [0.25, 0.3) is 0 Å². The molecule has 0 bridgehead atoms. The van der Waals surface area contributed by atoms with Crippen LogP contribution in [0.25, 0.3) is 0 Å². The summed E-state index contributed by atoms with van der Waals surface area (Å²) in [6.45, 7) is 3.10. The molecule has 1 heterocycles. The molecule has 1 aromatic heterocycles. The summed E-state index contributed by atoms with van der Waals surface area (Å²) in [7, 11) is 0. The van der Waals surface area contributed by atoms with E-state index >= 15 is 0 Å². The molecule has 1 N–H and O–H groups in total. The summed E-state index contributed by atoms with van der Waals surface area (Å²) in [4.78, 5) is 1.32. The Hall–Kier alpha value is -0.540. The van der Waals surface area contributed by atoms with Crippen LogP contribution in [0.4, 0.5) is 0 Å². The lowest BCUT2D eigenvalue weighted by atomic mass is 10.0. The maximum absolute atomic E-state index is 5.98. The van der Waals surface area contributed by atoms with Crippen LogP contribution in [0.2, 0.25) is 9.36 Å². The van der Waals surface area contributed by atoms with Gasteiger partial charge < -0.3 is 5.32 Å². The van der Waals surface area contributed by atoms with Gasteiger partial charge in [-0.1, -0.05) is 42.3 Å². The molecule has 0 aliphatic heterocycles. The Morgan fingerprint density at radius 3 is 2.37 bits per heavy atom. The van der Waals surface area contributed by atoms with Crippen molar-refractivity contribution in [2.45, 2.75) is 25.8 Å². The van der Waals surface area contributed by atoms with E-state index in [4.69, 9.17) is 23.2 Å². The fourth-order valence-electron chi connectivity index (χ4n) is 2.11. The van der Waals surface area contributed by atoms with E-state index in [0.717, 1.165) is 28.7 Å². The highest BCUT2D eigenvalue weighted by molar-refractivity contribution is 7.16. The maximum Gasteiger partial charge on any atom is 0.0931 e. The maximum atomic E-state index is 5.98. The Kier molecular flexibility index (Phi) is 5.71. The van der Waals surface area contributed by atoms with Crippen LogP contribution in [0.5, 0.6) is 0 Å². The van der Waals surface area contributed by atoms with Crippen molar-refractivity contribution in [3.05, 3.63) is 56.2 Å². The highest BCUT2D eigenvalue weighted by Gasteiger charge is 2.11. The summed E-state index contributed by atoms with van der Waals surface area (Å²) in [5.74, 6) is 0. The first-order valence-corrected chi connectivity index (χ1v) is 7.96. The Labute approximate surface area is 128 Å². The minimum atomic E-state index is 0.431. The molecule has 0 radical (unpaired) electrons. The number of likely N-dealkylation sites (N-methyl/N-ethyl adjacent to an activating group) is 1. The van der Waals surface area contributed by atoms with Crippen molar-refractivity contribution in [1.82, 2.24) is 5.32 Å². The first kappa shape index (κ1) is 14.9. The molecule has 0 saturated carbocycles. The summed E-state index contributed by atoms with van der Waals surface area (Å²) in [5.41, 5.74) is 1.30. The predicted molar refractivity (Wildman–Crippen MR) is 85.7 cm³/mol. The third kappa shape index (κ3) is 4.81. The van der Waals surface area contributed by atoms with E-state index in [9.17, 15) is 0 Å². The smallest absolute Gasteiger partial charge is 0.0931 e. The van der Waals surface area contributed by atoms with Crippen LogP contribution in [-0.4, -0.2) is 12.6 Å². The topological polar surface area (TPSA) is 12.0 Å². The largest absolute Gasteiger partial charge is 0.314 e. The Morgan fingerprint density at radius 1 is 1.05 bits per heavy atom. The van der Waals surface area contributed by atoms with E-state index in [1.54, 1.807) is 11.3 Å². The van der Waals surface area contributed by atoms with Crippen LogP contribution in [0.15, 0.2) is 36.4 Å². The molecule has 0 fully saturated rings. The molecule has 19 heavy (non-hydrogen) atoms. The van der Waals surface area contributed by atoms with Crippen LogP contribution in [0, 0.1) is 0 Å². The van der Waals surface area contributed by atoms with Crippen molar-refractivity contribution < 1.29 is 0 Å². The Balaban J connectivity index is 2.01. The summed E-state index contributed by atoms with van der Waals surface area (Å²) in [5, 5.41) is 4.32. The van der Waals surface area contributed by atoms with Gasteiger partial charge >= 0.3 is 0 Å². The summed E-state index contributed by atoms with van der Waals surface area (Å²) in [6, 6.07) is 12.6. The zero-order valence-corrected chi connectivity index (χ0v) is 13.2. The highest BCUT2D eigenvalue weighted by Crippen LogP contribution is 2.23. The van der Waals surface area contributed by atoms with Crippen molar-refractivity contribution in [3.63, 3.8) is 0 Å². The van der Waals surface area contributed by atoms with Crippen LogP contribution in [-0.2, 0) is 12.8 Å². The predicted octanol–water partition coefficient (Wildman–Crippen LogP) is 4.82. The van der Waals surface area contributed by atoms with Gasteiger partial charge in [0.15, 0.2) is 0 Å². The molecule has 1 atom stereocenters. The van der Waals surface area contributed by atoms with Crippen LogP contribution in [0.1, 0.15) is 17.4 Å². The molecule has 0 amide bonds. The van der Waals surface area contributed by atoms with Gasteiger partial charge in [0.2, 0.25) is 0 Å². The van der Waals surface area contributed by atoms with Crippen molar-refractivity contribution >= 4 is 34.5 Å². The molecular formula is C15H17Cl2NS. The van der Waals surface area contributed by atoms with Crippen LogP contribution >= 0.6 is 34.5 Å². The van der Waals surface area contributed by atoms with Crippen LogP contribution in [0.3, 0.4) is 0 Å². The number of hydrogen-bond acceptors (Lipinski definition) is 2. The Bertz CT molecular complexity index is 507. The van der Waals surface area contributed by atoms with E-state index in [2.05, 4.69) is 30.4 Å². The van der Waals surface area contributed by atoms with E-state index in [0.29, 0.717) is 6.04 Å². The van der Waals surface area contributed by atoms with Crippen molar-refractivity contribution in [3.8, 4) is 0 Å². The molecular weight excluding hydrogens is 297 g/mol. The standard InChI is InChI=1S/C15H17Cl2NS/c1-2-18-13(10-14-7-8-15(17)19-14)9-11-3-5-12(16)6-4-11/h3-8,13,18H,2,9-10H2,1H3. The molecule has 0 aliphatic rings. The van der Waals surface area contributed by atoms with Gasteiger partial charge in [0, 0.05) is 15.9 Å². The zero-order valence-electron chi connectivity index (χ0n) is 10.8. The second-order valence-electron chi connectivity index (χ2n) is 4.50. The molecule has 0 spiro atoms. The molecule has 0 aliphatic carbocycles. The fraction of sp³-hybridized carbons (Fsp3) is 0.333. The van der Waals surface area contributed by atoms with Gasteiger partial charge in [-0.25, -0.2) is 0 Å². The second kappa shape index (κ2) is 7.30. The fourth-order valence-corrected chi connectivity index (χ4v) is 3.41. The summed E-state index contributed by atoms with van der Waals surface area (Å²) >= 11 is 13.6.